The van der Waals surface area contributed by atoms with Gasteiger partial charge in [0.05, 0.1) is 52.4 Å². The van der Waals surface area contributed by atoms with Crippen molar-refractivity contribution in [1.29, 1.82) is 0 Å². The Balaban J connectivity index is 1.58. The van der Waals surface area contributed by atoms with E-state index in [1.165, 1.54) is 7.05 Å². The van der Waals surface area contributed by atoms with Gasteiger partial charge in [-0.15, -0.1) is 0 Å². The number of fused-ring (bicyclic) bond motifs is 1. The fourth-order valence-electron chi connectivity index (χ4n) is 4.23. The van der Waals surface area contributed by atoms with E-state index in [0.29, 0.717) is 39.7 Å². The molecule has 3 aromatic rings. The van der Waals surface area contributed by atoms with Gasteiger partial charge < -0.3 is 9.88 Å². The lowest BCUT2D eigenvalue weighted by Crippen LogP contribution is -2.25. The third-order valence-corrected chi connectivity index (χ3v) is 7.66. The van der Waals surface area contributed by atoms with Crippen LogP contribution in [0.25, 0.3) is 11.3 Å². The van der Waals surface area contributed by atoms with Crippen molar-refractivity contribution in [1.82, 2.24) is 14.5 Å². The van der Waals surface area contributed by atoms with E-state index in [4.69, 9.17) is 0 Å². The highest BCUT2D eigenvalue weighted by atomic mass is 32.2. The number of benzene rings is 1. The van der Waals surface area contributed by atoms with Crippen LogP contribution in [0.1, 0.15) is 24.2 Å². The zero-order valence-corrected chi connectivity index (χ0v) is 21.4. The summed E-state index contributed by atoms with van der Waals surface area (Å²) in [7, 11) is -0.373. The van der Waals surface area contributed by atoms with Crippen molar-refractivity contribution in [2.24, 2.45) is 18.0 Å². The Morgan fingerprint density at radius 2 is 2.00 bits per heavy atom. The second-order valence-electron chi connectivity index (χ2n) is 9.47. The van der Waals surface area contributed by atoms with Crippen molar-refractivity contribution in [3.8, 4) is 11.3 Å². The summed E-state index contributed by atoms with van der Waals surface area (Å²) in [5.41, 5.74) is 3.29. The number of anilines is 3. The summed E-state index contributed by atoms with van der Waals surface area (Å²) >= 11 is 0. The number of Topliss-reactive ketones (excluding diaryl/α,β-unsaturated/α-hetero) is 1. The van der Waals surface area contributed by atoms with Crippen LogP contribution in [0.2, 0.25) is 0 Å². The topological polar surface area (TPSA) is 110 Å². The maximum Gasteiger partial charge on any atom is 0.277 e. The van der Waals surface area contributed by atoms with Gasteiger partial charge in [0.15, 0.2) is 0 Å². The van der Waals surface area contributed by atoms with E-state index in [1.807, 2.05) is 13.2 Å². The molecule has 9 nitrogen and oxygen atoms in total. The number of rotatable bonds is 9. The highest BCUT2D eigenvalue weighted by Gasteiger charge is 2.31. The zero-order valence-electron chi connectivity index (χ0n) is 20.6. The molecular weight excluding hydrogens is 502 g/mol. The van der Waals surface area contributed by atoms with E-state index in [0.717, 1.165) is 23.4 Å². The van der Waals surface area contributed by atoms with Crippen LogP contribution >= 0.6 is 0 Å². The molecule has 12 heteroatoms. The SMILES string of the molecule is CN(c1cc(-c2cn(C)cn2)ccc1Nc1cc(CC(=O)C2CC2)nc2c1N=C(C(F)F)C2)S(C)(=O)=O. The molecule has 1 aliphatic carbocycles. The molecule has 0 atom stereocenters. The normalized spacial score (nSPS) is 15.0. The molecular formula is C25H26F2N6O3S. The van der Waals surface area contributed by atoms with E-state index in [-0.39, 0.29) is 35.9 Å². The molecule has 0 spiro atoms. The van der Waals surface area contributed by atoms with Crippen molar-refractivity contribution in [3.05, 3.63) is 48.2 Å². The smallest absolute Gasteiger partial charge is 0.277 e. The van der Waals surface area contributed by atoms with Crippen LogP contribution in [0.15, 0.2) is 41.8 Å². The van der Waals surface area contributed by atoms with Crippen LogP contribution in [0, 0.1) is 5.92 Å². The number of aliphatic imine (C=N–C) groups is 1. The van der Waals surface area contributed by atoms with Gasteiger partial charge >= 0.3 is 0 Å². The zero-order chi connectivity index (χ0) is 26.5. The third-order valence-electron chi connectivity index (χ3n) is 6.47. The Hall–Kier alpha value is -3.67. The van der Waals surface area contributed by atoms with Gasteiger partial charge in [0.25, 0.3) is 6.43 Å². The standard InChI is InChI=1S/C25H26F2N6O3S/c1-32-12-21(28-13-32)15-6-7-17(22(8-15)33(2)37(3,35)36)30-18-9-16(10-23(34)14-4-5-14)29-19-11-20(25(26)27)31-24(18)19/h6-9,12-14,25H,4-5,10-11H2,1-3H3,(H,29,30). The van der Waals surface area contributed by atoms with Crippen molar-refractivity contribution in [2.45, 2.75) is 32.1 Å². The maximum atomic E-state index is 13.5. The van der Waals surface area contributed by atoms with Crippen molar-refractivity contribution < 1.29 is 22.0 Å². The van der Waals surface area contributed by atoms with Crippen LogP contribution in [-0.2, 0) is 34.7 Å². The van der Waals surface area contributed by atoms with Gasteiger partial charge in [0, 0.05) is 44.6 Å². The molecule has 1 aliphatic heterocycles. The summed E-state index contributed by atoms with van der Waals surface area (Å²) in [5.74, 6) is 0.108. The first-order valence-electron chi connectivity index (χ1n) is 11.7. The van der Waals surface area contributed by atoms with Crippen molar-refractivity contribution in [2.75, 3.05) is 22.9 Å². The molecule has 2 aromatic heterocycles. The Labute approximate surface area is 213 Å². The molecule has 0 amide bonds. The number of halogens is 2. The minimum atomic E-state index is -3.64. The maximum absolute atomic E-state index is 13.5. The third kappa shape index (κ3) is 5.24. The van der Waals surface area contributed by atoms with Gasteiger partial charge in [0.2, 0.25) is 10.0 Å². The van der Waals surface area contributed by atoms with Crippen LogP contribution in [0.3, 0.4) is 0 Å². The van der Waals surface area contributed by atoms with Crippen molar-refractivity contribution in [3.63, 3.8) is 0 Å². The first kappa shape index (κ1) is 25.0. The molecule has 37 heavy (non-hydrogen) atoms. The highest BCUT2D eigenvalue weighted by molar-refractivity contribution is 7.92. The van der Waals surface area contributed by atoms with Crippen LogP contribution in [0.5, 0.6) is 0 Å². The van der Waals surface area contributed by atoms with Crippen molar-refractivity contribution >= 4 is 44.3 Å². The van der Waals surface area contributed by atoms with Gasteiger partial charge in [-0.1, -0.05) is 6.07 Å². The number of alkyl halides is 2. The molecule has 2 aliphatic rings. The van der Waals surface area contributed by atoms with Gasteiger partial charge in [-0.25, -0.2) is 27.2 Å². The minimum absolute atomic E-state index is 0.0356. The van der Waals surface area contributed by atoms with E-state index in [2.05, 4.69) is 20.3 Å². The summed E-state index contributed by atoms with van der Waals surface area (Å²) < 4.78 is 54.8. The number of aryl methyl sites for hydroxylation is 1. The largest absolute Gasteiger partial charge is 0.352 e. The summed E-state index contributed by atoms with van der Waals surface area (Å²) in [6.45, 7) is 0. The lowest BCUT2D eigenvalue weighted by molar-refractivity contribution is -0.119. The molecule has 5 rings (SSSR count). The summed E-state index contributed by atoms with van der Waals surface area (Å²) in [4.78, 5) is 25.4. The quantitative estimate of drug-likeness (QED) is 0.449. The fourth-order valence-corrected chi connectivity index (χ4v) is 4.74. The highest BCUT2D eigenvalue weighted by Crippen LogP contribution is 2.41. The summed E-state index contributed by atoms with van der Waals surface area (Å²) in [6.07, 6.45) is 3.52. The lowest BCUT2D eigenvalue weighted by Gasteiger charge is -2.22. The number of carbonyl (C=O) groups excluding carboxylic acids is 1. The minimum Gasteiger partial charge on any atom is -0.352 e. The molecule has 0 bridgehead atoms. The number of hydrogen-bond donors (Lipinski definition) is 1. The molecule has 3 heterocycles. The number of pyridine rings is 1. The van der Waals surface area contributed by atoms with Crippen LogP contribution in [0.4, 0.5) is 31.5 Å². The molecule has 1 fully saturated rings. The van der Waals surface area contributed by atoms with Gasteiger partial charge in [0.1, 0.15) is 11.5 Å². The first-order valence-corrected chi connectivity index (χ1v) is 13.6. The molecule has 1 aromatic carbocycles. The number of aromatic nitrogens is 3. The van der Waals surface area contributed by atoms with E-state index in [9.17, 15) is 22.0 Å². The summed E-state index contributed by atoms with van der Waals surface area (Å²) in [6, 6.07) is 6.82. The first-order chi connectivity index (χ1) is 17.5. The van der Waals surface area contributed by atoms with Gasteiger partial charge in [-0.3, -0.25) is 14.1 Å². The molecule has 194 valence electrons. The Morgan fingerprint density at radius 1 is 1.24 bits per heavy atom. The lowest BCUT2D eigenvalue weighted by atomic mass is 10.1. The van der Waals surface area contributed by atoms with Gasteiger partial charge in [-0.2, -0.15) is 0 Å². The number of hydrogen-bond acceptors (Lipinski definition) is 7. The van der Waals surface area contributed by atoms with Crippen LogP contribution < -0.4 is 9.62 Å². The van der Waals surface area contributed by atoms with Gasteiger partial charge in [-0.05, 0) is 31.0 Å². The Kier molecular flexibility index (Phi) is 6.30. The van der Waals surface area contributed by atoms with Crippen LogP contribution in [-0.4, -0.2) is 54.2 Å². The number of imidazole rings is 1. The average Bonchev–Trinajstić information content (AvgIpc) is 3.45. The number of carbonyl (C=O) groups is 1. The number of sulfonamides is 1. The van der Waals surface area contributed by atoms with E-state index >= 15 is 0 Å². The summed E-state index contributed by atoms with van der Waals surface area (Å²) in [5, 5.41) is 3.19. The second kappa shape index (κ2) is 9.33. The Morgan fingerprint density at radius 3 is 2.62 bits per heavy atom. The molecule has 0 unspecified atom stereocenters. The fraction of sp³-hybridized carbons (Fsp3) is 0.360. The predicted octanol–water partition coefficient (Wildman–Crippen LogP) is 4.04. The second-order valence-corrected chi connectivity index (χ2v) is 11.5. The monoisotopic (exact) mass is 528 g/mol. The number of nitrogens with one attached hydrogen (secondary N) is 1. The number of nitrogens with zero attached hydrogens (tertiary/aromatic N) is 5. The molecule has 1 N–H and O–H groups in total. The molecule has 1 saturated carbocycles. The molecule has 0 radical (unpaired) electrons. The predicted molar refractivity (Wildman–Crippen MR) is 138 cm³/mol. The average molecular weight is 529 g/mol. The van der Waals surface area contributed by atoms with E-state index < -0.39 is 16.4 Å². The van der Waals surface area contributed by atoms with E-state index in [1.54, 1.807) is 35.2 Å². The molecule has 0 saturated heterocycles. The Bertz CT molecular complexity index is 1530. The number of ketones is 1.